The predicted molar refractivity (Wildman–Crippen MR) is 104 cm³/mol. The highest BCUT2D eigenvalue weighted by atomic mass is 35.5. The van der Waals surface area contributed by atoms with Gasteiger partial charge in [0.15, 0.2) is 0 Å². The van der Waals surface area contributed by atoms with Gasteiger partial charge in [0.1, 0.15) is 0 Å². The first-order chi connectivity index (χ1) is 12.7. The number of hydrogen-bond acceptors (Lipinski definition) is 2. The summed E-state index contributed by atoms with van der Waals surface area (Å²) in [6.45, 7) is 1.32. The lowest BCUT2D eigenvalue weighted by Gasteiger charge is -2.32. The van der Waals surface area contributed by atoms with Crippen molar-refractivity contribution in [3.63, 3.8) is 0 Å². The van der Waals surface area contributed by atoms with Crippen LogP contribution >= 0.6 is 11.6 Å². The summed E-state index contributed by atoms with van der Waals surface area (Å²) < 4.78 is 0. The molecule has 0 atom stereocenters. The third-order valence-electron chi connectivity index (χ3n) is 4.71. The number of nitrogens with one attached hydrogen (secondary N) is 1. The van der Waals surface area contributed by atoms with Crippen molar-refractivity contribution >= 4 is 23.4 Å². The van der Waals surface area contributed by atoms with Gasteiger partial charge in [-0.05, 0) is 36.1 Å². The fraction of sp³-hybridized carbons (Fsp3) is 0.333. The van der Waals surface area contributed by atoms with Crippen molar-refractivity contribution in [1.82, 2.24) is 10.2 Å². The number of rotatable bonds is 5. The maximum absolute atomic E-state index is 12.7. The van der Waals surface area contributed by atoms with Gasteiger partial charge in [0.2, 0.25) is 5.91 Å². The first-order valence-electron chi connectivity index (χ1n) is 8.97. The van der Waals surface area contributed by atoms with Gasteiger partial charge in [0.25, 0.3) is 5.91 Å². The number of halogens is 1. The number of nitrogens with zero attached hydrogens (tertiary/aromatic N) is 1. The molecule has 0 aliphatic carbocycles. The van der Waals surface area contributed by atoms with Crippen LogP contribution < -0.4 is 5.32 Å². The van der Waals surface area contributed by atoms with E-state index in [4.69, 9.17) is 11.6 Å². The number of carbonyl (C=O) groups is 2. The van der Waals surface area contributed by atoms with Crippen molar-refractivity contribution < 1.29 is 9.59 Å². The molecular formula is C21H23ClN2O2. The fourth-order valence-electron chi connectivity index (χ4n) is 3.23. The second kappa shape index (κ2) is 8.86. The van der Waals surface area contributed by atoms with Crippen LogP contribution in [0.2, 0.25) is 0 Å². The van der Waals surface area contributed by atoms with Crippen LogP contribution in [0.4, 0.5) is 0 Å². The Kier molecular flexibility index (Phi) is 6.29. The van der Waals surface area contributed by atoms with Crippen molar-refractivity contribution in [2.24, 2.45) is 0 Å². The zero-order valence-electron chi connectivity index (χ0n) is 14.7. The van der Waals surface area contributed by atoms with Crippen molar-refractivity contribution in [2.75, 3.05) is 19.0 Å². The molecule has 0 aromatic heterocycles. The molecule has 2 aromatic carbocycles. The zero-order chi connectivity index (χ0) is 18.4. The normalized spacial score (nSPS) is 14.9. The third-order valence-corrected chi connectivity index (χ3v) is 4.90. The van der Waals surface area contributed by atoms with E-state index in [2.05, 4.69) is 17.4 Å². The highest BCUT2D eigenvalue weighted by Crippen LogP contribution is 2.21. The Morgan fingerprint density at radius 2 is 1.58 bits per heavy atom. The van der Waals surface area contributed by atoms with E-state index < -0.39 is 0 Å². The van der Waals surface area contributed by atoms with Crippen molar-refractivity contribution in [1.29, 1.82) is 0 Å². The molecule has 136 valence electrons. The Morgan fingerprint density at radius 1 is 0.962 bits per heavy atom. The predicted octanol–water partition coefficient (Wildman–Crippen LogP) is 3.70. The van der Waals surface area contributed by atoms with Crippen LogP contribution in [0.5, 0.6) is 0 Å². The molecule has 2 aromatic rings. The second-order valence-electron chi connectivity index (χ2n) is 6.52. The van der Waals surface area contributed by atoms with Gasteiger partial charge in [-0.3, -0.25) is 9.59 Å². The molecule has 1 saturated heterocycles. The minimum Gasteiger partial charge on any atom is -0.353 e. The standard InChI is InChI=1S/C21H23ClN2O2/c22-13-10-20(25)23-19-11-14-24(15-12-19)21(26)18-8-6-17(7-9-18)16-4-2-1-3-5-16/h1-9,19H,10-15H2,(H,23,25). The summed E-state index contributed by atoms with van der Waals surface area (Å²) in [4.78, 5) is 26.2. The summed E-state index contributed by atoms with van der Waals surface area (Å²) in [6.07, 6.45) is 1.90. The van der Waals surface area contributed by atoms with Crippen molar-refractivity contribution in [2.45, 2.75) is 25.3 Å². The molecule has 26 heavy (non-hydrogen) atoms. The molecule has 2 amide bonds. The molecule has 1 aliphatic heterocycles. The summed E-state index contributed by atoms with van der Waals surface area (Å²) in [6, 6.07) is 18.0. The highest BCUT2D eigenvalue weighted by molar-refractivity contribution is 6.18. The number of hydrogen-bond donors (Lipinski definition) is 1. The number of amides is 2. The van der Waals surface area contributed by atoms with Crippen LogP contribution in [0.15, 0.2) is 54.6 Å². The molecule has 1 heterocycles. The molecule has 0 saturated carbocycles. The summed E-state index contributed by atoms with van der Waals surface area (Å²) in [5.74, 6) is 0.374. The molecule has 0 radical (unpaired) electrons. The van der Waals surface area contributed by atoms with E-state index in [1.807, 2.05) is 47.4 Å². The SMILES string of the molecule is O=C(CCCl)NC1CCN(C(=O)c2ccc(-c3ccccc3)cc2)CC1. The number of likely N-dealkylation sites (tertiary alicyclic amines) is 1. The Balaban J connectivity index is 1.56. The lowest BCUT2D eigenvalue weighted by Crippen LogP contribution is -2.46. The van der Waals surface area contributed by atoms with Crippen LogP contribution in [0.25, 0.3) is 11.1 Å². The third kappa shape index (κ3) is 4.64. The summed E-state index contributed by atoms with van der Waals surface area (Å²) in [7, 11) is 0. The monoisotopic (exact) mass is 370 g/mol. The van der Waals surface area contributed by atoms with E-state index in [0.717, 1.165) is 24.0 Å². The van der Waals surface area contributed by atoms with Gasteiger partial charge in [0, 0.05) is 37.0 Å². The topological polar surface area (TPSA) is 49.4 Å². The van der Waals surface area contributed by atoms with Gasteiger partial charge >= 0.3 is 0 Å². The Labute approximate surface area is 159 Å². The van der Waals surface area contributed by atoms with Crippen LogP contribution in [0, 0.1) is 0 Å². The molecule has 1 fully saturated rings. The maximum atomic E-state index is 12.7. The lowest BCUT2D eigenvalue weighted by molar-refractivity contribution is -0.121. The van der Waals surface area contributed by atoms with E-state index in [1.165, 1.54) is 0 Å². The van der Waals surface area contributed by atoms with Crippen molar-refractivity contribution in [3.8, 4) is 11.1 Å². The van der Waals surface area contributed by atoms with Crippen LogP contribution in [0.3, 0.4) is 0 Å². The molecule has 0 bridgehead atoms. The quantitative estimate of drug-likeness (QED) is 0.816. The number of piperidine rings is 1. The molecule has 5 heteroatoms. The van der Waals surface area contributed by atoms with E-state index in [9.17, 15) is 9.59 Å². The first kappa shape index (κ1) is 18.5. The molecule has 4 nitrogen and oxygen atoms in total. The molecule has 0 spiro atoms. The van der Waals surface area contributed by atoms with E-state index >= 15 is 0 Å². The molecule has 0 unspecified atom stereocenters. The zero-order valence-corrected chi connectivity index (χ0v) is 15.4. The lowest BCUT2D eigenvalue weighted by atomic mass is 10.0. The molecule has 1 N–H and O–H groups in total. The van der Waals surface area contributed by atoms with Gasteiger partial charge in [-0.25, -0.2) is 0 Å². The molecule has 1 aliphatic rings. The summed E-state index contributed by atoms with van der Waals surface area (Å²) >= 11 is 5.58. The first-order valence-corrected chi connectivity index (χ1v) is 9.51. The minimum atomic E-state index is -0.0127. The number of carbonyl (C=O) groups excluding carboxylic acids is 2. The minimum absolute atomic E-state index is 0.0127. The van der Waals surface area contributed by atoms with Gasteiger partial charge in [-0.15, -0.1) is 11.6 Å². The molecule has 3 rings (SSSR count). The Bertz CT molecular complexity index is 738. The van der Waals surface area contributed by atoms with Gasteiger partial charge < -0.3 is 10.2 Å². The maximum Gasteiger partial charge on any atom is 0.253 e. The fourth-order valence-corrected chi connectivity index (χ4v) is 3.40. The Morgan fingerprint density at radius 3 is 2.19 bits per heavy atom. The van der Waals surface area contributed by atoms with E-state index in [-0.39, 0.29) is 17.9 Å². The number of alkyl halides is 1. The Hall–Kier alpha value is -2.33. The average molecular weight is 371 g/mol. The smallest absolute Gasteiger partial charge is 0.253 e. The van der Waals surface area contributed by atoms with E-state index in [0.29, 0.717) is 31.0 Å². The number of benzene rings is 2. The highest BCUT2D eigenvalue weighted by Gasteiger charge is 2.24. The summed E-state index contributed by atoms with van der Waals surface area (Å²) in [5, 5.41) is 2.98. The second-order valence-corrected chi connectivity index (χ2v) is 6.89. The average Bonchev–Trinajstić information content (AvgIpc) is 2.69. The van der Waals surface area contributed by atoms with Crippen LogP contribution in [-0.2, 0) is 4.79 Å². The van der Waals surface area contributed by atoms with Gasteiger partial charge in [-0.2, -0.15) is 0 Å². The van der Waals surface area contributed by atoms with Crippen molar-refractivity contribution in [3.05, 3.63) is 60.2 Å². The van der Waals surface area contributed by atoms with Crippen LogP contribution in [0.1, 0.15) is 29.6 Å². The van der Waals surface area contributed by atoms with Gasteiger partial charge in [-0.1, -0.05) is 42.5 Å². The van der Waals surface area contributed by atoms with Gasteiger partial charge in [0.05, 0.1) is 0 Å². The molecular weight excluding hydrogens is 348 g/mol. The van der Waals surface area contributed by atoms with E-state index in [1.54, 1.807) is 0 Å². The largest absolute Gasteiger partial charge is 0.353 e. The summed E-state index contributed by atoms with van der Waals surface area (Å²) in [5.41, 5.74) is 2.94. The van der Waals surface area contributed by atoms with Crippen LogP contribution in [-0.4, -0.2) is 41.7 Å².